The summed E-state index contributed by atoms with van der Waals surface area (Å²) in [5, 5.41) is 38.1. The third-order valence-electron chi connectivity index (χ3n) is 3.39. The van der Waals surface area contributed by atoms with E-state index in [9.17, 15) is 25.2 Å². The summed E-state index contributed by atoms with van der Waals surface area (Å²) in [6.07, 6.45) is 0. The molecule has 0 saturated carbocycles. The second-order valence-electron chi connectivity index (χ2n) is 4.83. The van der Waals surface area contributed by atoms with E-state index in [4.69, 9.17) is 9.15 Å². The van der Waals surface area contributed by atoms with Crippen molar-refractivity contribution < 1.29 is 29.6 Å². The van der Waals surface area contributed by atoms with Gasteiger partial charge < -0.3 is 29.6 Å². The number of phenolic OH excluding ortho intramolecular Hbond substituents is 4. The molecule has 23 heavy (non-hydrogen) atoms. The van der Waals surface area contributed by atoms with Gasteiger partial charge >= 0.3 is 0 Å². The fraction of sp³-hybridized carbons (Fsp3) is 0.0625. The monoisotopic (exact) mass is 316 g/mol. The lowest BCUT2D eigenvalue weighted by Crippen LogP contribution is -2.07. The van der Waals surface area contributed by atoms with Crippen LogP contribution in [0.5, 0.6) is 28.7 Å². The highest BCUT2D eigenvalue weighted by Gasteiger charge is 2.19. The van der Waals surface area contributed by atoms with Gasteiger partial charge in [0.15, 0.2) is 28.8 Å². The van der Waals surface area contributed by atoms with Gasteiger partial charge in [0, 0.05) is 11.6 Å². The van der Waals surface area contributed by atoms with Crippen molar-refractivity contribution in [2.75, 3.05) is 7.11 Å². The molecule has 118 valence electrons. The van der Waals surface area contributed by atoms with Gasteiger partial charge in [-0.15, -0.1) is 0 Å². The Bertz CT molecular complexity index is 972. The smallest absolute Gasteiger partial charge is 0.235 e. The Hall–Kier alpha value is -3.35. The zero-order chi connectivity index (χ0) is 16.7. The van der Waals surface area contributed by atoms with Crippen molar-refractivity contribution in [3.05, 3.63) is 40.6 Å². The van der Waals surface area contributed by atoms with E-state index in [0.29, 0.717) is 5.56 Å². The van der Waals surface area contributed by atoms with Crippen molar-refractivity contribution in [1.29, 1.82) is 0 Å². The minimum absolute atomic E-state index is 0.0189. The summed E-state index contributed by atoms with van der Waals surface area (Å²) < 4.78 is 10.7. The van der Waals surface area contributed by atoms with Crippen LogP contribution >= 0.6 is 0 Å². The van der Waals surface area contributed by atoms with E-state index in [1.165, 1.54) is 25.3 Å². The number of benzene rings is 2. The van der Waals surface area contributed by atoms with E-state index < -0.39 is 16.9 Å². The predicted molar refractivity (Wildman–Crippen MR) is 81.1 cm³/mol. The predicted octanol–water partition coefficient (Wildman–Crippen LogP) is 2.29. The molecule has 3 rings (SSSR count). The van der Waals surface area contributed by atoms with Gasteiger partial charge in [-0.1, -0.05) is 0 Å². The lowest BCUT2D eigenvalue weighted by Gasteiger charge is -2.10. The van der Waals surface area contributed by atoms with Crippen LogP contribution in [-0.2, 0) is 0 Å². The van der Waals surface area contributed by atoms with Crippen LogP contribution in [-0.4, -0.2) is 27.5 Å². The number of rotatable bonds is 2. The van der Waals surface area contributed by atoms with Gasteiger partial charge in [-0.05, 0) is 24.3 Å². The molecular formula is C16H12O7. The van der Waals surface area contributed by atoms with Crippen LogP contribution in [0.1, 0.15) is 0 Å². The second kappa shape index (κ2) is 5.13. The molecular weight excluding hydrogens is 304 g/mol. The first-order valence-electron chi connectivity index (χ1n) is 6.51. The summed E-state index contributed by atoms with van der Waals surface area (Å²) in [4.78, 5) is 12.5. The van der Waals surface area contributed by atoms with E-state index in [1.807, 2.05) is 0 Å². The third kappa shape index (κ3) is 2.28. The Morgan fingerprint density at radius 2 is 1.57 bits per heavy atom. The molecule has 1 aromatic heterocycles. The first kappa shape index (κ1) is 14.6. The molecule has 0 fully saturated rings. The molecule has 7 nitrogen and oxygen atoms in total. The van der Waals surface area contributed by atoms with Gasteiger partial charge in [0.05, 0.1) is 12.5 Å². The maximum absolute atomic E-state index is 12.5. The zero-order valence-electron chi connectivity index (χ0n) is 11.9. The van der Waals surface area contributed by atoms with Crippen LogP contribution < -0.4 is 10.2 Å². The minimum Gasteiger partial charge on any atom is -0.504 e. The average Bonchev–Trinajstić information content (AvgIpc) is 2.52. The molecule has 0 amide bonds. The maximum Gasteiger partial charge on any atom is 0.235 e. The molecule has 0 saturated heterocycles. The van der Waals surface area contributed by atoms with Crippen LogP contribution in [0.4, 0.5) is 0 Å². The van der Waals surface area contributed by atoms with Crippen molar-refractivity contribution in [2.24, 2.45) is 0 Å². The third-order valence-corrected chi connectivity index (χ3v) is 3.39. The van der Waals surface area contributed by atoms with E-state index >= 15 is 0 Å². The Balaban J connectivity index is 2.38. The van der Waals surface area contributed by atoms with Crippen molar-refractivity contribution >= 4 is 11.0 Å². The Labute approximate surface area is 129 Å². The van der Waals surface area contributed by atoms with E-state index in [-0.39, 0.29) is 34.0 Å². The maximum atomic E-state index is 12.5. The molecule has 1 heterocycles. The molecule has 2 aromatic carbocycles. The molecule has 0 atom stereocenters. The molecule has 0 spiro atoms. The summed E-state index contributed by atoms with van der Waals surface area (Å²) in [6.45, 7) is 0. The lowest BCUT2D eigenvalue weighted by atomic mass is 10.1. The van der Waals surface area contributed by atoms with Gasteiger partial charge in [0.2, 0.25) is 11.2 Å². The number of phenols is 4. The van der Waals surface area contributed by atoms with Gasteiger partial charge in [-0.2, -0.15) is 0 Å². The summed E-state index contributed by atoms with van der Waals surface area (Å²) in [5.74, 6) is -1.72. The van der Waals surface area contributed by atoms with Gasteiger partial charge in [-0.25, -0.2) is 0 Å². The molecule has 7 heteroatoms. The molecule has 0 aliphatic heterocycles. The fourth-order valence-corrected chi connectivity index (χ4v) is 2.24. The highest BCUT2D eigenvalue weighted by atomic mass is 16.5. The first-order chi connectivity index (χ1) is 10.9. The van der Waals surface area contributed by atoms with Gasteiger partial charge in [0.25, 0.3) is 0 Å². The van der Waals surface area contributed by atoms with Gasteiger partial charge in [-0.3, -0.25) is 4.79 Å². The number of ether oxygens (including phenoxy) is 1. The van der Waals surface area contributed by atoms with Crippen LogP contribution in [0, 0.1) is 0 Å². The van der Waals surface area contributed by atoms with Crippen LogP contribution in [0.2, 0.25) is 0 Å². The average molecular weight is 316 g/mol. The number of hydrogen-bond donors (Lipinski definition) is 4. The van der Waals surface area contributed by atoms with E-state index in [0.717, 1.165) is 12.1 Å². The summed E-state index contributed by atoms with van der Waals surface area (Å²) in [7, 11) is 1.28. The SMILES string of the molecule is COc1c(-c2ccc(O)c(O)c2)oc2cc(O)c(O)cc2c1=O. The topological polar surface area (TPSA) is 120 Å². The summed E-state index contributed by atoms with van der Waals surface area (Å²) >= 11 is 0. The van der Waals surface area contributed by atoms with E-state index in [1.54, 1.807) is 0 Å². The number of fused-ring (bicyclic) bond motifs is 1. The summed E-state index contributed by atoms with van der Waals surface area (Å²) in [6, 6.07) is 6.07. The molecule has 4 N–H and O–H groups in total. The van der Waals surface area contributed by atoms with Crippen molar-refractivity contribution in [3.63, 3.8) is 0 Å². The fourth-order valence-electron chi connectivity index (χ4n) is 2.24. The zero-order valence-corrected chi connectivity index (χ0v) is 11.9. The number of methoxy groups -OCH3 is 1. The molecule has 0 radical (unpaired) electrons. The molecule has 3 aromatic rings. The molecule has 0 bridgehead atoms. The number of hydrogen-bond acceptors (Lipinski definition) is 7. The van der Waals surface area contributed by atoms with Crippen LogP contribution in [0.25, 0.3) is 22.3 Å². The van der Waals surface area contributed by atoms with Gasteiger partial charge in [0.1, 0.15) is 5.58 Å². The Morgan fingerprint density at radius 3 is 2.22 bits per heavy atom. The summed E-state index contributed by atoms with van der Waals surface area (Å²) in [5.41, 5.74) is -0.219. The Morgan fingerprint density at radius 1 is 0.913 bits per heavy atom. The largest absolute Gasteiger partial charge is 0.504 e. The molecule has 0 aliphatic rings. The van der Waals surface area contributed by atoms with Crippen molar-refractivity contribution in [1.82, 2.24) is 0 Å². The van der Waals surface area contributed by atoms with E-state index in [2.05, 4.69) is 0 Å². The standard InChI is InChI=1S/C16H12O7/c1-22-16-14(21)8-5-11(19)12(20)6-13(8)23-15(16)7-2-3-9(17)10(18)4-7/h2-6,17-20H,1H3. The normalized spacial score (nSPS) is 10.8. The van der Waals surface area contributed by atoms with Crippen LogP contribution in [0.3, 0.4) is 0 Å². The molecule has 0 unspecified atom stereocenters. The van der Waals surface area contributed by atoms with Crippen LogP contribution in [0.15, 0.2) is 39.5 Å². The van der Waals surface area contributed by atoms with Crippen molar-refractivity contribution in [3.8, 4) is 40.1 Å². The highest BCUT2D eigenvalue weighted by molar-refractivity contribution is 5.85. The quantitative estimate of drug-likeness (QED) is 0.535. The minimum atomic E-state index is -0.549. The lowest BCUT2D eigenvalue weighted by molar-refractivity contribution is 0.394. The highest BCUT2D eigenvalue weighted by Crippen LogP contribution is 2.37. The molecule has 0 aliphatic carbocycles. The number of aromatic hydroxyl groups is 4. The second-order valence-corrected chi connectivity index (χ2v) is 4.83. The Kier molecular flexibility index (Phi) is 3.25. The first-order valence-corrected chi connectivity index (χ1v) is 6.51. The van der Waals surface area contributed by atoms with Crippen molar-refractivity contribution in [2.45, 2.75) is 0 Å².